The number of benzene rings is 1. The highest BCUT2D eigenvalue weighted by Gasteiger charge is 2.30. The number of halogens is 1. The second-order valence-corrected chi connectivity index (χ2v) is 13.2. The van der Waals surface area contributed by atoms with Crippen LogP contribution in [-0.4, -0.2) is 42.6 Å². The fraction of sp³-hybridized carbons (Fsp3) is 0.429. The van der Waals surface area contributed by atoms with Crippen LogP contribution in [0.2, 0.25) is 0 Å². The Hall–Kier alpha value is -3.60. The number of nitrogens with one attached hydrogen (secondary N) is 1. The van der Waals surface area contributed by atoms with Gasteiger partial charge in [0, 0.05) is 23.8 Å². The number of rotatable bonds is 11. The molecule has 0 unspecified atom stereocenters. The highest BCUT2D eigenvalue weighted by molar-refractivity contribution is 7.53. The van der Waals surface area contributed by atoms with Crippen molar-refractivity contribution in [3.63, 3.8) is 0 Å². The lowest BCUT2D eigenvalue weighted by molar-refractivity contribution is -0.162. The van der Waals surface area contributed by atoms with E-state index >= 15 is 4.39 Å². The number of carbonyl (C=O) groups excluding carboxylic acids is 2. The van der Waals surface area contributed by atoms with Crippen molar-refractivity contribution in [2.75, 3.05) is 26.0 Å². The quantitative estimate of drug-likeness (QED) is 0.152. The van der Waals surface area contributed by atoms with Gasteiger partial charge in [0.1, 0.15) is 5.82 Å². The molecule has 2 heterocycles. The molecule has 0 aliphatic carbocycles. The van der Waals surface area contributed by atoms with Crippen LogP contribution in [-0.2, 0) is 38.8 Å². The molecule has 0 aliphatic rings. The molecule has 0 fully saturated rings. The summed E-state index contributed by atoms with van der Waals surface area (Å²) in [6.07, 6.45) is 2.76. The molecular formula is C28H35FN3O8P. The summed E-state index contributed by atoms with van der Waals surface area (Å²) in [4.78, 5) is 32.7. The summed E-state index contributed by atoms with van der Waals surface area (Å²) >= 11 is 0. The van der Waals surface area contributed by atoms with Gasteiger partial charge >= 0.3 is 19.5 Å². The first kappa shape index (κ1) is 31.9. The van der Waals surface area contributed by atoms with Gasteiger partial charge in [-0.3, -0.25) is 28.2 Å². The van der Waals surface area contributed by atoms with E-state index < -0.39 is 49.8 Å². The van der Waals surface area contributed by atoms with E-state index in [1.807, 2.05) is 0 Å². The Morgan fingerprint density at radius 3 is 2.05 bits per heavy atom. The van der Waals surface area contributed by atoms with Gasteiger partial charge in [-0.05, 0) is 65.3 Å². The van der Waals surface area contributed by atoms with Crippen molar-refractivity contribution < 1.29 is 41.8 Å². The lowest BCUT2D eigenvalue weighted by atomic mass is 9.98. The van der Waals surface area contributed by atoms with E-state index in [0.717, 1.165) is 0 Å². The van der Waals surface area contributed by atoms with Crippen LogP contribution in [0.15, 0.2) is 42.7 Å². The molecule has 0 spiro atoms. The van der Waals surface area contributed by atoms with Crippen molar-refractivity contribution in [3.05, 3.63) is 54.1 Å². The molecule has 1 N–H and O–H groups in total. The van der Waals surface area contributed by atoms with Gasteiger partial charge in [0.25, 0.3) is 0 Å². The number of hydrogen-bond acceptors (Lipinski definition) is 11. The van der Waals surface area contributed by atoms with E-state index in [0.29, 0.717) is 22.5 Å². The van der Waals surface area contributed by atoms with Crippen molar-refractivity contribution in [1.82, 2.24) is 9.97 Å². The molecule has 0 bridgehead atoms. The molecular weight excluding hydrogens is 556 g/mol. The molecule has 13 heteroatoms. The third-order valence-corrected chi connectivity index (χ3v) is 7.34. The first-order valence-electron chi connectivity index (χ1n) is 12.7. The predicted molar refractivity (Wildman–Crippen MR) is 150 cm³/mol. The van der Waals surface area contributed by atoms with Crippen LogP contribution >= 0.6 is 7.60 Å². The summed E-state index contributed by atoms with van der Waals surface area (Å²) < 4.78 is 54.6. The molecule has 0 aliphatic heterocycles. The smallest absolute Gasteiger partial charge is 0.340 e. The fourth-order valence-corrected chi connectivity index (χ4v) is 4.58. The standard InChI is InChI=1S/C28H35FN3O8P/c1-27(2,3)25(33)37-16-39-41(35,40-17-38-26(34)28(4,5)6)15-18-8-9-22(20(29)12-18)32-21-10-11-30-23-13-24(36-7)31-14-19(21)23/h8-14H,15-17H2,1-7H3,(H,30,32). The number of pyridine rings is 2. The number of hydrogen-bond donors (Lipinski definition) is 1. The van der Waals surface area contributed by atoms with Gasteiger partial charge in [-0.2, -0.15) is 0 Å². The Kier molecular flexibility index (Phi) is 10.1. The normalized spacial score (nSPS) is 12.2. The number of nitrogens with zero attached hydrogens (tertiary/aromatic N) is 2. The topological polar surface area (TPSA) is 135 Å². The summed E-state index contributed by atoms with van der Waals surface area (Å²) in [5.41, 5.74) is -0.0439. The number of aromatic nitrogens is 2. The van der Waals surface area contributed by atoms with E-state index in [2.05, 4.69) is 15.3 Å². The Morgan fingerprint density at radius 2 is 1.51 bits per heavy atom. The number of carbonyl (C=O) groups is 2. The van der Waals surface area contributed by atoms with Crippen molar-refractivity contribution in [1.29, 1.82) is 0 Å². The zero-order chi connectivity index (χ0) is 30.4. The summed E-state index contributed by atoms with van der Waals surface area (Å²) in [6.45, 7) is 8.56. The van der Waals surface area contributed by atoms with Gasteiger partial charge in [0.15, 0.2) is 0 Å². The SMILES string of the molecule is COc1cc2nccc(Nc3ccc(CP(=O)(OCOC(=O)C(C)(C)C)OCOC(=O)C(C)(C)C)cc3F)c2cn1. The number of methoxy groups -OCH3 is 1. The average Bonchev–Trinajstić information content (AvgIpc) is 2.88. The summed E-state index contributed by atoms with van der Waals surface area (Å²) in [7, 11) is -2.57. The molecule has 3 rings (SSSR count). The van der Waals surface area contributed by atoms with Gasteiger partial charge in [0.2, 0.25) is 19.5 Å². The second kappa shape index (κ2) is 12.9. The largest absolute Gasteiger partial charge is 0.481 e. The zero-order valence-corrected chi connectivity index (χ0v) is 25.0. The van der Waals surface area contributed by atoms with Crippen molar-refractivity contribution >= 4 is 41.8 Å². The molecule has 0 saturated carbocycles. The van der Waals surface area contributed by atoms with E-state index in [4.69, 9.17) is 23.3 Å². The highest BCUT2D eigenvalue weighted by atomic mass is 31.2. The second-order valence-electron chi connectivity index (χ2n) is 11.2. The zero-order valence-electron chi connectivity index (χ0n) is 24.1. The van der Waals surface area contributed by atoms with Gasteiger partial charge in [-0.1, -0.05) is 6.07 Å². The van der Waals surface area contributed by atoms with Crippen LogP contribution in [0.4, 0.5) is 15.8 Å². The maximum absolute atomic E-state index is 15.2. The lowest BCUT2D eigenvalue weighted by Crippen LogP contribution is -2.24. The number of esters is 2. The number of anilines is 2. The summed E-state index contributed by atoms with van der Waals surface area (Å²) in [5, 5.41) is 3.67. The van der Waals surface area contributed by atoms with Crippen molar-refractivity contribution in [3.8, 4) is 5.88 Å². The Balaban J connectivity index is 1.77. The third-order valence-electron chi connectivity index (χ3n) is 5.59. The van der Waals surface area contributed by atoms with E-state index in [1.54, 1.807) is 66.1 Å². The fourth-order valence-electron chi connectivity index (χ4n) is 3.25. The van der Waals surface area contributed by atoms with Crippen LogP contribution in [0, 0.1) is 16.6 Å². The molecule has 1 aromatic carbocycles. The molecule has 0 atom stereocenters. The monoisotopic (exact) mass is 591 g/mol. The maximum atomic E-state index is 15.2. The molecule has 2 aromatic heterocycles. The molecule has 11 nitrogen and oxygen atoms in total. The average molecular weight is 592 g/mol. The third kappa shape index (κ3) is 8.94. The van der Waals surface area contributed by atoms with Crippen LogP contribution in [0.5, 0.6) is 5.88 Å². The number of ether oxygens (including phenoxy) is 3. The van der Waals surface area contributed by atoms with E-state index in [1.165, 1.54) is 25.3 Å². The first-order valence-corrected chi connectivity index (χ1v) is 14.4. The molecule has 41 heavy (non-hydrogen) atoms. The molecule has 0 radical (unpaired) electrons. The van der Waals surface area contributed by atoms with Crippen molar-refractivity contribution in [2.24, 2.45) is 10.8 Å². The lowest BCUT2D eigenvalue weighted by Gasteiger charge is -2.22. The minimum absolute atomic E-state index is 0.145. The minimum atomic E-state index is -4.07. The maximum Gasteiger partial charge on any atom is 0.340 e. The Morgan fingerprint density at radius 1 is 0.902 bits per heavy atom. The number of fused-ring (bicyclic) bond motifs is 1. The molecule has 3 aromatic rings. The van der Waals surface area contributed by atoms with Crippen molar-refractivity contribution in [2.45, 2.75) is 47.7 Å². The predicted octanol–water partition coefficient (Wildman–Crippen LogP) is 6.34. The van der Waals surface area contributed by atoms with E-state index in [-0.39, 0.29) is 17.4 Å². The Bertz CT molecular complexity index is 1420. The van der Waals surface area contributed by atoms with Crippen LogP contribution < -0.4 is 10.1 Å². The van der Waals surface area contributed by atoms with Gasteiger partial charge < -0.3 is 19.5 Å². The van der Waals surface area contributed by atoms with Crippen LogP contribution in [0.25, 0.3) is 10.9 Å². The summed E-state index contributed by atoms with van der Waals surface area (Å²) in [5.74, 6) is -1.41. The van der Waals surface area contributed by atoms with E-state index in [9.17, 15) is 14.2 Å². The first-order chi connectivity index (χ1) is 19.1. The highest BCUT2D eigenvalue weighted by Crippen LogP contribution is 2.51. The molecule has 0 amide bonds. The molecule has 222 valence electrons. The van der Waals surface area contributed by atoms with Gasteiger partial charge in [0.05, 0.1) is 41.0 Å². The molecule has 0 saturated heterocycles. The minimum Gasteiger partial charge on any atom is -0.481 e. The van der Waals surface area contributed by atoms with Crippen LogP contribution in [0.3, 0.4) is 0 Å². The van der Waals surface area contributed by atoms with Crippen LogP contribution in [0.1, 0.15) is 47.1 Å². The van der Waals surface area contributed by atoms with Gasteiger partial charge in [-0.25, -0.2) is 9.37 Å². The summed E-state index contributed by atoms with van der Waals surface area (Å²) in [6, 6.07) is 7.52. The Labute approximate surface area is 238 Å². The van der Waals surface area contributed by atoms with Gasteiger partial charge in [-0.15, -0.1) is 0 Å².